The molecule has 0 fully saturated rings. The first-order chi connectivity index (χ1) is 11.8. The summed E-state index contributed by atoms with van der Waals surface area (Å²) in [6.45, 7) is 3.57. The second-order valence-corrected chi connectivity index (χ2v) is 6.76. The van der Waals surface area contributed by atoms with Crippen LogP contribution in [0.4, 0.5) is 17.1 Å². The highest BCUT2D eigenvalue weighted by Crippen LogP contribution is 2.22. The number of nitro benzene ring substituents is 1. The number of anilines is 2. The van der Waals surface area contributed by atoms with Gasteiger partial charge in [0.1, 0.15) is 0 Å². The number of nitrogens with one attached hydrogen (secondary N) is 2. The summed E-state index contributed by atoms with van der Waals surface area (Å²) in [6, 6.07) is 10.8. The van der Waals surface area contributed by atoms with Crippen LogP contribution in [0.2, 0.25) is 0 Å². The second kappa shape index (κ2) is 8.06. The van der Waals surface area contributed by atoms with E-state index in [1.165, 1.54) is 18.2 Å². The minimum absolute atomic E-state index is 0.128. The molecule has 8 heteroatoms. The van der Waals surface area contributed by atoms with Gasteiger partial charge >= 0.3 is 0 Å². The van der Waals surface area contributed by atoms with Crippen molar-refractivity contribution in [2.45, 2.75) is 13.8 Å². The van der Waals surface area contributed by atoms with Gasteiger partial charge in [-0.05, 0) is 46.9 Å². The number of nitrogens with zero attached hydrogens (tertiary/aromatic N) is 1. The highest BCUT2D eigenvalue weighted by Gasteiger charge is 2.16. The van der Waals surface area contributed by atoms with E-state index in [0.29, 0.717) is 14.9 Å². The van der Waals surface area contributed by atoms with E-state index in [-0.39, 0.29) is 23.1 Å². The van der Waals surface area contributed by atoms with Gasteiger partial charge in [0.2, 0.25) is 5.91 Å². The molecule has 0 saturated carbocycles. The van der Waals surface area contributed by atoms with Crippen LogP contribution in [0.15, 0.2) is 42.5 Å². The van der Waals surface area contributed by atoms with Crippen LogP contribution >= 0.6 is 22.6 Å². The number of benzene rings is 2. The Morgan fingerprint density at radius 2 is 1.72 bits per heavy atom. The fourth-order valence-electron chi connectivity index (χ4n) is 1.96. The smallest absolute Gasteiger partial charge is 0.270 e. The Hall–Kier alpha value is -2.49. The van der Waals surface area contributed by atoms with Crippen molar-refractivity contribution < 1.29 is 14.5 Å². The number of amides is 2. The average molecular weight is 453 g/mol. The van der Waals surface area contributed by atoms with E-state index in [0.717, 1.165) is 0 Å². The van der Waals surface area contributed by atoms with Gasteiger partial charge in [-0.1, -0.05) is 19.9 Å². The minimum Gasteiger partial charge on any atom is -0.326 e. The molecule has 0 aliphatic carbocycles. The maximum atomic E-state index is 12.4. The SMILES string of the molecule is CC(C)C(=O)Nc1cccc(NC(=O)c2cc([N+](=O)[O-])ccc2I)c1. The van der Waals surface area contributed by atoms with Gasteiger partial charge in [0.25, 0.3) is 11.6 Å². The molecule has 2 aromatic rings. The van der Waals surface area contributed by atoms with Crippen molar-refractivity contribution in [2.24, 2.45) is 5.92 Å². The zero-order valence-corrected chi connectivity index (χ0v) is 15.7. The van der Waals surface area contributed by atoms with Gasteiger partial charge in [-0.25, -0.2) is 0 Å². The Morgan fingerprint density at radius 1 is 1.08 bits per heavy atom. The monoisotopic (exact) mass is 453 g/mol. The molecule has 2 rings (SSSR count). The summed E-state index contributed by atoms with van der Waals surface area (Å²) >= 11 is 1.95. The van der Waals surface area contributed by atoms with E-state index in [1.54, 1.807) is 38.1 Å². The maximum absolute atomic E-state index is 12.4. The molecule has 0 aromatic heterocycles. The summed E-state index contributed by atoms with van der Waals surface area (Å²) in [4.78, 5) is 34.5. The molecule has 2 aromatic carbocycles. The standard InChI is InChI=1S/C17H16IN3O4/c1-10(2)16(22)19-11-4-3-5-12(8-11)20-17(23)14-9-13(21(24)25)6-7-15(14)18/h3-10H,1-2H3,(H,19,22)(H,20,23). The first-order valence-corrected chi connectivity index (χ1v) is 8.52. The maximum Gasteiger partial charge on any atom is 0.270 e. The number of carbonyl (C=O) groups is 2. The van der Waals surface area contributed by atoms with E-state index in [4.69, 9.17) is 0 Å². The van der Waals surface area contributed by atoms with Gasteiger partial charge in [0.15, 0.2) is 0 Å². The van der Waals surface area contributed by atoms with Crippen LogP contribution in [-0.2, 0) is 4.79 Å². The third-order valence-corrected chi connectivity index (χ3v) is 4.26. The van der Waals surface area contributed by atoms with E-state index in [2.05, 4.69) is 10.6 Å². The number of halogens is 1. The summed E-state index contributed by atoms with van der Waals surface area (Å²) in [6.07, 6.45) is 0. The molecule has 0 aliphatic rings. The van der Waals surface area contributed by atoms with Gasteiger partial charge in [0.05, 0.1) is 10.5 Å². The Bertz CT molecular complexity index is 836. The van der Waals surface area contributed by atoms with Gasteiger partial charge in [-0.15, -0.1) is 0 Å². The minimum atomic E-state index is -0.547. The Morgan fingerprint density at radius 3 is 2.32 bits per heavy atom. The Balaban J connectivity index is 2.20. The number of carbonyl (C=O) groups excluding carboxylic acids is 2. The van der Waals surface area contributed by atoms with Crippen molar-refractivity contribution in [2.75, 3.05) is 10.6 Å². The lowest BCUT2D eigenvalue weighted by Crippen LogP contribution is -2.18. The van der Waals surface area contributed by atoms with Gasteiger partial charge in [0, 0.05) is 33.0 Å². The summed E-state index contributed by atoms with van der Waals surface area (Å²) in [5.41, 5.74) is 1.11. The fraction of sp³-hybridized carbons (Fsp3) is 0.176. The number of hydrogen-bond acceptors (Lipinski definition) is 4. The molecule has 25 heavy (non-hydrogen) atoms. The second-order valence-electron chi connectivity index (χ2n) is 5.60. The van der Waals surface area contributed by atoms with Crippen molar-refractivity contribution >= 4 is 51.5 Å². The predicted octanol–water partition coefficient (Wildman–Crippen LogP) is 4.05. The summed E-state index contributed by atoms with van der Waals surface area (Å²) < 4.78 is 0.602. The van der Waals surface area contributed by atoms with Gasteiger partial charge in [-0.3, -0.25) is 19.7 Å². The van der Waals surface area contributed by atoms with Crippen LogP contribution in [0, 0.1) is 19.6 Å². The Labute approximate surface area is 158 Å². The predicted molar refractivity (Wildman–Crippen MR) is 104 cm³/mol. The molecule has 7 nitrogen and oxygen atoms in total. The topological polar surface area (TPSA) is 101 Å². The molecule has 130 valence electrons. The zero-order chi connectivity index (χ0) is 18.6. The normalized spacial score (nSPS) is 10.4. The molecule has 0 radical (unpaired) electrons. The molecule has 2 N–H and O–H groups in total. The van der Waals surface area contributed by atoms with E-state index in [9.17, 15) is 19.7 Å². The van der Waals surface area contributed by atoms with Crippen LogP contribution in [0.3, 0.4) is 0 Å². The molecule has 0 unspecified atom stereocenters. The first-order valence-electron chi connectivity index (χ1n) is 7.44. The molecule has 0 saturated heterocycles. The van der Waals surface area contributed by atoms with Gasteiger partial charge in [-0.2, -0.15) is 0 Å². The van der Waals surface area contributed by atoms with Crippen LogP contribution in [0.5, 0.6) is 0 Å². The van der Waals surface area contributed by atoms with Crippen LogP contribution in [0.1, 0.15) is 24.2 Å². The zero-order valence-electron chi connectivity index (χ0n) is 13.6. The van der Waals surface area contributed by atoms with Crippen molar-refractivity contribution in [1.82, 2.24) is 0 Å². The molecular formula is C17H16IN3O4. The first kappa shape index (κ1) is 18.8. The van der Waals surface area contributed by atoms with Crippen molar-refractivity contribution in [1.29, 1.82) is 0 Å². The third kappa shape index (κ3) is 4.99. The lowest BCUT2D eigenvalue weighted by Gasteiger charge is -2.11. The van der Waals surface area contributed by atoms with E-state index >= 15 is 0 Å². The van der Waals surface area contributed by atoms with Crippen LogP contribution in [0.25, 0.3) is 0 Å². The summed E-state index contributed by atoms with van der Waals surface area (Å²) in [5, 5.41) is 16.3. The van der Waals surface area contributed by atoms with Crippen molar-refractivity contribution in [3.63, 3.8) is 0 Å². The summed E-state index contributed by atoms with van der Waals surface area (Å²) in [7, 11) is 0. The highest BCUT2D eigenvalue weighted by atomic mass is 127. The van der Waals surface area contributed by atoms with Crippen molar-refractivity contribution in [3.8, 4) is 0 Å². The number of non-ortho nitro benzene ring substituents is 1. The molecule has 0 bridgehead atoms. The van der Waals surface area contributed by atoms with Crippen molar-refractivity contribution in [3.05, 3.63) is 61.7 Å². The lowest BCUT2D eigenvalue weighted by molar-refractivity contribution is -0.384. The fourth-order valence-corrected chi connectivity index (χ4v) is 2.54. The van der Waals surface area contributed by atoms with E-state index < -0.39 is 10.8 Å². The van der Waals surface area contributed by atoms with Gasteiger partial charge < -0.3 is 10.6 Å². The third-order valence-electron chi connectivity index (χ3n) is 3.32. The lowest BCUT2D eigenvalue weighted by atomic mass is 10.1. The quantitative estimate of drug-likeness (QED) is 0.405. The number of hydrogen-bond donors (Lipinski definition) is 2. The Kier molecular flexibility index (Phi) is 6.07. The molecule has 0 atom stereocenters. The molecule has 0 spiro atoms. The molecule has 0 aliphatic heterocycles. The average Bonchev–Trinajstić information content (AvgIpc) is 2.55. The van der Waals surface area contributed by atoms with Crippen LogP contribution in [-0.4, -0.2) is 16.7 Å². The molecular weight excluding hydrogens is 437 g/mol. The van der Waals surface area contributed by atoms with E-state index in [1.807, 2.05) is 22.6 Å². The number of rotatable bonds is 5. The highest BCUT2D eigenvalue weighted by molar-refractivity contribution is 14.1. The largest absolute Gasteiger partial charge is 0.326 e. The molecule has 2 amide bonds. The van der Waals surface area contributed by atoms with Crippen LogP contribution < -0.4 is 10.6 Å². The molecule has 0 heterocycles. The summed E-state index contributed by atoms with van der Waals surface area (Å²) in [5.74, 6) is -0.748. The number of nitro groups is 1.